The molecule has 0 fully saturated rings. The van der Waals surface area contributed by atoms with Crippen molar-refractivity contribution in [3.05, 3.63) is 56.7 Å². The van der Waals surface area contributed by atoms with E-state index in [1.165, 1.54) is 14.9 Å². The molecule has 0 saturated heterocycles. The number of hydrogen-bond donors (Lipinski definition) is 1. The molecule has 2 aromatic rings. The molecule has 0 atom stereocenters. The van der Waals surface area contributed by atoms with Crippen LogP contribution in [0.5, 0.6) is 0 Å². The van der Waals surface area contributed by atoms with Gasteiger partial charge >= 0.3 is 0 Å². The Labute approximate surface area is 127 Å². The van der Waals surface area contributed by atoms with Gasteiger partial charge in [-0.05, 0) is 51.5 Å². The SMILES string of the molecule is NCCCN(Cc1ccccc1)Cc1csc(Br)c1. The van der Waals surface area contributed by atoms with E-state index in [0.717, 1.165) is 32.6 Å². The maximum Gasteiger partial charge on any atom is 0.0701 e. The van der Waals surface area contributed by atoms with Gasteiger partial charge in [-0.3, -0.25) is 4.90 Å². The van der Waals surface area contributed by atoms with Crippen molar-refractivity contribution in [2.24, 2.45) is 5.73 Å². The molecule has 1 heterocycles. The molecular formula is C15H19BrN2S. The quantitative estimate of drug-likeness (QED) is 0.830. The zero-order chi connectivity index (χ0) is 13.5. The second kappa shape index (κ2) is 7.80. The summed E-state index contributed by atoms with van der Waals surface area (Å²) >= 11 is 5.26. The van der Waals surface area contributed by atoms with Crippen molar-refractivity contribution in [1.82, 2.24) is 4.90 Å². The molecule has 0 aliphatic carbocycles. The van der Waals surface area contributed by atoms with Crippen molar-refractivity contribution in [1.29, 1.82) is 0 Å². The summed E-state index contributed by atoms with van der Waals surface area (Å²) in [7, 11) is 0. The number of nitrogens with two attached hydrogens (primary N) is 1. The van der Waals surface area contributed by atoms with Crippen LogP contribution in [0.2, 0.25) is 0 Å². The Kier molecular flexibility index (Phi) is 6.04. The van der Waals surface area contributed by atoms with Crippen molar-refractivity contribution in [3.63, 3.8) is 0 Å². The summed E-state index contributed by atoms with van der Waals surface area (Å²) < 4.78 is 1.20. The van der Waals surface area contributed by atoms with Gasteiger partial charge in [-0.15, -0.1) is 11.3 Å². The van der Waals surface area contributed by atoms with E-state index in [-0.39, 0.29) is 0 Å². The van der Waals surface area contributed by atoms with Crippen molar-refractivity contribution in [3.8, 4) is 0 Å². The van der Waals surface area contributed by atoms with Gasteiger partial charge in [-0.25, -0.2) is 0 Å². The Balaban J connectivity index is 1.99. The maximum absolute atomic E-state index is 5.64. The van der Waals surface area contributed by atoms with Crippen molar-refractivity contribution in [2.75, 3.05) is 13.1 Å². The number of halogens is 1. The third-order valence-electron chi connectivity index (χ3n) is 2.96. The zero-order valence-corrected chi connectivity index (χ0v) is 13.3. The number of benzene rings is 1. The molecule has 2 rings (SSSR count). The minimum Gasteiger partial charge on any atom is -0.330 e. The highest BCUT2D eigenvalue weighted by Crippen LogP contribution is 2.22. The fourth-order valence-electron chi connectivity index (χ4n) is 2.06. The van der Waals surface area contributed by atoms with Gasteiger partial charge in [0.25, 0.3) is 0 Å². The predicted molar refractivity (Wildman–Crippen MR) is 86.2 cm³/mol. The molecule has 1 aromatic heterocycles. The number of hydrogen-bond acceptors (Lipinski definition) is 3. The largest absolute Gasteiger partial charge is 0.330 e. The molecule has 19 heavy (non-hydrogen) atoms. The molecule has 0 aliphatic heterocycles. The van der Waals surface area contributed by atoms with Gasteiger partial charge in [0.1, 0.15) is 0 Å². The summed E-state index contributed by atoms with van der Waals surface area (Å²) in [6.45, 7) is 3.75. The van der Waals surface area contributed by atoms with E-state index < -0.39 is 0 Å². The average Bonchev–Trinajstić information content (AvgIpc) is 2.82. The van der Waals surface area contributed by atoms with Gasteiger partial charge in [0.2, 0.25) is 0 Å². The van der Waals surface area contributed by atoms with E-state index in [1.54, 1.807) is 11.3 Å². The first kappa shape index (κ1) is 14.7. The molecule has 2 N–H and O–H groups in total. The van der Waals surface area contributed by atoms with E-state index in [1.807, 2.05) is 0 Å². The normalized spacial score (nSPS) is 11.1. The van der Waals surface area contributed by atoms with Crippen molar-refractivity contribution >= 4 is 27.3 Å². The van der Waals surface area contributed by atoms with Crippen LogP contribution in [0.3, 0.4) is 0 Å². The lowest BCUT2D eigenvalue weighted by Gasteiger charge is -2.21. The van der Waals surface area contributed by atoms with E-state index in [2.05, 4.69) is 62.6 Å². The molecule has 2 nitrogen and oxygen atoms in total. The Morgan fingerprint density at radius 1 is 1.11 bits per heavy atom. The second-order valence-electron chi connectivity index (χ2n) is 4.60. The monoisotopic (exact) mass is 338 g/mol. The van der Waals surface area contributed by atoms with E-state index >= 15 is 0 Å². The van der Waals surface area contributed by atoms with Crippen LogP contribution in [-0.4, -0.2) is 18.0 Å². The molecule has 0 spiro atoms. The van der Waals surface area contributed by atoms with Crippen LogP contribution in [0.1, 0.15) is 17.5 Å². The summed E-state index contributed by atoms with van der Waals surface area (Å²) in [6.07, 6.45) is 1.04. The lowest BCUT2D eigenvalue weighted by atomic mass is 10.2. The van der Waals surface area contributed by atoms with Gasteiger partial charge in [0.15, 0.2) is 0 Å². The summed E-state index contributed by atoms with van der Waals surface area (Å²) in [4.78, 5) is 2.46. The molecule has 0 bridgehead atoms. The van der Waals surface area contributed by atoms with Gasteiger partial charge in [-0.1, -0.05) is 30.3 Å². The molecule has 1 aromatic carbocycles. The van der Waals surface area contributed by atoms with Crippen molar-refractivity contribution < 1.29 is 0 Å². The zero-order valence-electron chi connectivity index (χ0n) is 10.9. The highest BCUT2D eigenvalue weighted by atomic mass is 79.9. The van der Waals surface area contributed by atoms with Crippen molar-refractivity contribution in [2.45, 2.75) is 19.5 Å². The summed E-state index contributed by atoms with van der Waals surface area (Å²) in [6, 6.07) is 12.8. The molecule has 4 heteroatoms. The van der Waals surface area contributed by atoms with Gasteiger partial charge in [0, 0.05) is 19.6 Å². The number of rotatable bonds is 7. The van der Waals surface area contributed by atoms with Gasteiger partial charge in [0.05, 0.1) is 3.79 Å². The van der Waals surface area contributed by atoms with Gasteiger partial charge < -0.3 is 5.73 Å². The molecule has 102 valence electrons. The Morgan fingerprint density at radius 2 is 1.84 bits per heavy atom. The smallest absolute Gasteiger partial charge is 0.0701 e. The first-order valence-corrected chi connectivity index (χ1v) is 8.14. The van der Waals surface area contributed by atoms with Crippen LogP contribution in [0.4, 0.5) is 0 Å². The third kappa shape index (κ3) is 5.07. The fraction of sp³-hybridized carbons (Fsp3) is 0.333. The molecule has 0 radical (unpaired) electrons. The Morgan fingerprint density at radius 3 is 2.47 bits per heavy atom. The summed E-state index contributed by atoms with van der Waals surface area (Å²) in [5.41, 5.74) is 8.36. The molecule has 0 unspecified atom stereocenters. The highest BCUT2D eigenvalue weighted by Gasteiger charge is 2.08. The van der Waals surface area contributed by atoms with E-state index in [4.69, 9.17) is 5.73 Å². The predicted octanol–water partition coefficient (Wildman–Crippen LogP) is 3.86. The minimum atomic E-state index is 0.749. The average molecular weight is 339 g/mol. The fourth-order valence-corrected chi connectivity index (χ4v) is 3.26. The Bertz CT molecular complexity index is 484. The van der Waals surface area contributed by atoms with E-state index in [9.17, 15) is 0 Å². The second-order valence-corrected chi connectivity index (χ2v) is 6.89. The standard InChI is InChI=1S/C15H19BrN2S/c16-15-9-14(12-19-15)11-18(8-4-7-17)10-13-5-2-1-3-6-13/h1-3,5-6,9,12H,4,7-8,10-11,17H2. The lowest BCUT2D eigenvalue weighted by Crippen LogP contribution is -2.25. The highest BCUT2D eigenvalue weighted by molar-refractivity contribution is 9.11. The van der Waals surface area contributed by atoms with E-state index in [0.29, 0.717) is 0 Å². The summed E-state index contributed by atoms with van der Waals surface area (Å²) in [5, 5.41) is 2.21. The topological polar surface area (TPSA) is 29.3 Å². The van der Waals surface area contributed by atoms with Crippen LogP contribution in [0.25, 0.3) is 0 Å². The Hall–Kier alpha value is -0.680. The van der Waals surface area contributed by atoms with Gasteiger partial charge in [-0.2, -0.15) is 0 Å². The van der Waals surface area contributed by atoms with Crippen LogP contribution in [0, 0.1) is 0 Å². The van der Waals surface area contributed by atoms with Crippen LogP contribution in [-0.2, 0) is 13.1 Å². The minimum absolute atomic E-state index is 0.749. The van der Waals surface area contributed by atoms with Crippen LogP contribution < -0.4 is 5.73 Å². The number of thiophene rings is 1. The lowest BCUT2D eigenvalue weighted by molar-refractivity contribution is 0.255. The molecular weight excluding hydrogens is 320 g/mol. The molecule has 0 saturated carbocycles. The molecule has 0 aliphatic rings. The first-order valence-electron chi connectivity index (χ1n) is 6.47. The maximum atomic E-state index is 5.64. The molecule has 0 amide bonds. The summed E-state index contributed by atoms with van der Waals surface area (Å²) in [5.74, 6) is 0. The first-order chi connectivity index (χ1) is 9.28. The number of nitrogens with zero attached hydrogens (tertiary/aromatic N) is 1. The van der Waals surface area contributed by atoms with Crippen LogP contribution in [0.15, 0.2) is 45.6 Å². The third-order valence-corrected chi connectivity index (χ3v) is 4.51. The van der Waals surface area contributed by atoms with Crippen LogP contribution >= 0.6 is 27.3 Å².